The minimum atomic E-state index is -1.64. The van der Waals surface area contributed by atoms with Crippen molar-refractivity contribution in [3.05, 3.63) is 176 Å². The van der Waals surface area contributed by atoms with E-state index in [4.69, 9.17) is 23.2 Å². The van der Waals surface area contributed by atoms with Gasteiger partial charge in [-0.3, -0.25) is 24.5 Å². The molecule has 2 aliphatic carbocycles. The number of nitro groups is 1. The summed E-state index contributed by atoms with van der Waals surface area (Å²) in [6.45, 7) is 0. The maximum Gasteiger partial charge on any atom is 0.271 e. The lowest BCUT2D eigenvalue weighted by Crippen LogP contribution is -2.45. The average Bonchev–Trinajstić information content (AvgIpc) is 3.61. The Hall–Kier alpha value is -5.37. The number of allylic oxidation sites excluding steroid dienone is 2. The number of Topliss-reactive ketones (excluding diaryl/α,β-unsaturated/α-hetero) is 1. The standard InChI is InChI=1S/C39H24Cl2N2O5/c40-27-18-14-25(15-19-27)38-31(23-8-3-1-4-9-23)32(24-10-5-2-6-11-24)39(37(38)46,26-16-20-28(41)21-17-26)34-33(38)35(44)42(36(34)45)29-12-7-13-30(22-29)43(47)48/h1-22,33-34H/t33-,34-,38-,39-/m0/s1. The van der Waals surface area contributed by atoms with Crippen LogP contribution in [0.5, 0.6) is 0 Å². The van der Waals surface area contributed by atoms with Crippen molar-refractivity contribution in [2.75, 3.05) is 4.90 Å². The van der Waals surface area contributed by atoms with Gasteiger partial charge in [-0.1, -0.05) is 114 Å². The van der Waals surface area contributed by atoms with Crippen LogP contribution in [-0.4, -0.2) is 22.5 Å². The Labute approximate surface area is 285 Å². The summed E-state index contributed by atoms with van der Waals surface area (Å²) in [5.74, 6) is -3.88. The van der Waals surface area contributed by atoms with E-state index in [0.717, 1.165) is 16.0 Å². The number of non-ortho nitro benzene ring substituents is 1. The number of ketones is 1. The molecule has 8 rings (SSSR count). The van der Waals surface area contributed by atoms with Crippen molar-refractivity contribution >= 4 is 63.3 Å². The number of anilines is 1. The third-order valence-corrected chi connectivity index (χ3v) is 10.5. The largest absolute Gasteiger partial charge is 0.297 e. The quantitative estimate of drug-likeness (QED) is 0.103. The lowest BCUT2D eigenvalue weighted by atomic mass is 9.59. The first kappa shape index (κ1) is 30.0. The number of nitrogens with zero attached hydrogens (tertiary/aromatic N) is 2. The number of nitro benzene ring substituents is 1. The molecule has 4 atom stereocenters. The Morgan fingerprint density at radius 2 is 1.02 bits per heavy atom. The molecule has 1 saturated heterocycles. The Morgan fingerprint density at radius 1 is 0.583 bits per heavy atom. The van der Waals surface area contributed by atoms with Gasteiger partial charge >= 0.3 is 0 Å². The van der Waals surface area contributed by atoms with Crippen molar-refractivity contribution < 1.29 is 19.3 Å². The summed E-state index contributed by atoms with van der Waals surface area (Å²) >= 11 is 12.8. The van der Waals surface area contributed by atoms with Crippen LogP contribution in [-0.2, 0) is 25.2 Å². The zero-order valence-electron chi connectivity index (χ0n) is 25.0. The molecule has 7 nitrogen and oxygen atoms in total. The predicted octanol–water partition coefficient (Wildman–Crippen LogP) is 8.09. The number of rotatable bonds is 6. The highest BCUT2D eigenvalue weighted by Crippen LogP contribution is 2.74. The number of amides is 2. The number of hydrogen-bond acceptors (Lipinski definition) is 5. The summed E-state index contributed by atoms with van der Waals surface area (Å²) in [4.78, 5) is 58.2. The third kappa shape index (κ3) is 3.86. The first-order valence-corrected chi connectivity index (χ1v) is 16.0. The molecule has 5 aromatic rings. The van der Waals surface area contributed by atoms with Gasteiger partial charge in [0, 0.05) is 22.2 Å². The Kier molecular flexibility index (Phi) is 6.77. The first-order valence-electron chi connectivity index (χ1n) is 15.3. The fraction of sp³-hybridized carbons (Fsp3) is 0.103. The number of imide groups is 1. The van der Waals surface area contributed by atoms with Crippen molar-refractivity contribution in [3.63, 3.8) is 0 Å². The molecular formula is C39H24Cl2N2O5. The van der Waals surface area contributed by atoms with Gasteiger partial charge in [-0.05, 0) is 63.7 Å². The fourth-order valence-electron chi connectivity index (χ4n) is 8.36. The average molecular weight is 672 g/mol. The molecule has 5 aromatic carbocycles. The molecule has 0 spiro atoms. The van der Waals surface area contributed by atoms with Gasteiger partial charge in [-0.15, -0.1) is 0 Å². The fourth-order valence-corrected chi connectivity index (χ4v) is 8.61. The molecule has 48 heavy (non-hydrogen) atoms. The molecule has 1 aliphatic heterocycles. The van der Waals surface area contributed by atoms with Crippen LogP contribution in [0.3, 0.4) is 0 Å². The number of carbonyl (C=O) groups excluding carboxylic acids is 3. The van der Waals surface area contributed by atoms with E-state index in [1.54, 1.807) is 48.5 Å². The number of hydrogen-bond donors (Lipinski definition) is 0. The van der Waals surface area contributed by atoms with Gasteiger partial charge in [0.25, 0.3) is 5.69 Å². The van der Waals surface area contributed by atoms with Gasteiger partial charge in [-0.25, -0.2) is 4.90 Å². The second kappa shape index (κ2) is 10.8. The zero-order valence-corrected chi connectivity index (χ0v) is 26.6. The normalized spacial score (nSPS) is 24.4. The van der Waals surface area contributed by atoms with Crippen LogP contribution in [0, 0.1) is 22.0 Å². The molecule has 2 fully saturated rings. The van der Waals surface area contributed by atoms with Crippen molar-refractivity contribution in [3.8, 4) is 0 Å². The van der Waals surface area contributed by atoms with Gasteiger partial charge < -0.3 is 0 Å². The highest BCUT2D eigenvalue weighted by molar-refractivity contribution is 6.39. The van der Waals surface area contributed by atoms with Gasteiger partial charge in [-0.2, -0.15) is 0 Å². The molecule has 1 heterocycles. The van der Waals surface area contributed by atoms with E-state index in [0.29, 0.717) is 32.3 Å². The maximum absolute atomic E-state index is 15.9. The monoisotopic (exact) mass is 670 g/mol. The summed E-state index contributed by atoms with van der Waals surface area (Å²) in [5.41, 5.74) is 0.278. The van der Waals surface area contributed by atoms with E-state index in [-0.39, 0.29) is 17.2 Å². The Balaban J connectivity index is 1.54. The van der Waals surface area contributed by atoms with Gasteiger partial charge in [0.05, 0.1) is 33.3 Å². The number of carbonyl (C=O) groups is 3. The van der Waals surface area contributed by atoms with Crippen LogP contribution < -0.4 is 4.90 Å². The van der Waals surface area contributed by atoms with Crippen LogP contribution in [0.15, 0.2) is 133 Å². The van der Waals surface area contributed by atoms with Gasteiger partial charge in [0.15, 0.2) is 5.78 Å². The van der Waals surface area contributed by atoms with E-state index >= 15 is 14.4 Å². The Bertz CT molecular complexity index is 2080. The van der Waals surface area contributed by atoms with Crippen molar-refractivity contribution in [2.45, 2.75) is 10.8 Å². The minimum Gasteiger partial charge on any atom is -0.297 e. The predicted molar refractivity (Wildman–Crippen MR) is 184 cm³/mol. The lowest BCUT2D eigenvalue weighted by molar-refractivity contribution is -0.384. The van der Waals surface area contributed by atoms with Gasteiger partial charge in [0.1, 0.15) is 0 Å². The molecule has 0 radical (unpaired) electrons. The second-order valence-electron chi connectivity index (χ2n) is 12.2. The first-order chi connectivity index (χ1) is 23.2. The van der Waals surface area contributed by atoms with Crippen LogP contribution >= 0.6 is 23.2 Å². The van der Waals surface area contributed by atoms with E-state index in [1.807, 2.05) is 60.7 Å². The SMILES string of the molecule is O=C1[C@@H]2[C@@H](C(=O)N1c1cccc([N+](=O)[O-])c1)[C@@]1(c3ccc(Cl)cc3)C(=O)[C@@]2(c2ccc(Cl)cc2)C(c2ccccc2)=C1c1ccccc1. The molecule has 9 heteroatoms. The highest BCUT2D eigenvalue weighted by Gasteiger charge is 2.82. The number of benzene rings is 5. The smallest absolute Gasteiger partial charge is 0.271 e. The number of fused-ring (bicyclic) bond motifs is 5. The lowest BCUT2D eigenvalue weighted by Gasteiger charge is -2.39. The molecule has 0 aromatic heterocycles. The zero-order chi connectivity index (χ0) is 33.4. The maximum atomic E-state index is 15.9. The molecule has 0 N–H and O–H groups in total. The van der Waals surface area contributed by atoms with Crippen molar-refractivity contribution in [2.24, 2.45) is 11.8 Å². The molecule has 0 unspecified atom stereocenters. The van der Waals surface area contributed by atoms with Crippen LogP contribution in [0.4, 0.5) is 11.4 Å². The molecule has 1 saturated carbocycles. The van der Waals surface area contributed by atoms with E-state index in [2.05, 4.69) is 0 Å². The van der Waals surface area contributed by atoms with Crippen LogP contribution in [0.2, 0.25) is 10.0 Å². The van der Waals surface area contributed by atoms with E-state index < -0.39 is 39.4 Å². The molecular weight excluding hydrogens is 647 g/mol. The molecule has 3 aliphatic rings. The molecule has 234 valence electrons. The van der Waals surface area contributed by atoms with Crippen molar-refractivity contribution in [1.82, 2.24) is 0 Å². The summed E-state index contributed by atoms with van der Waals surface area (Å²) in [5, 5.41) is 12.6. The van der Waals surface area contributed by atoms with Crippen molar-refractivity contribution in [1.29, 1.82) is 0 Å². The summed E-state index contributed by atoms with van der Waals surface area (Å²) in [6, 6.07) is 38.1. The van der Waals surface area contributed by atoms with E-state index in [1.165, 1.54) is 24.3 Å². The van der Waals surface area contributed by atoms with Crippen LogP contribution in [0.1, 0.15) is 22.3 Å². The molecule has 2 amide bonds. The summed E-state index contributed by atoms with van der Waals surface area (Å²) in [7, 11) is 0. The molecule has 2 bridgehead atoms. The van der Waals surface area contributed by atoms with Gasteiger partial charge in [0.2, 0.25) is 11.8 Å². The minimum absolute atomic E-state index is 0.0699. The third-order valence-electron chi connectivity index (χ3n) is 10.0. The van der Waals surface area contributed by atoms with E-state index in [9.17, 15) is 10.1 Å². The Morgan fingerprint density at radius 3 is 1.44 bits per heavy atom. The summed E-state index contributed by atoms with van der Waals surface area (Å²) < 4.78 is 0. The van der Waals surface area contributed by atoms with Crippen LogP contribution in [0.25, 0.3) is 11.1 Å². The second-order valence-corrected chi connectivity index (χ2v) is 13.1. The summed E-state index contributed by atoms with van der Waals surface area (Å²) in [6.07, 6.45) is 0. The number of halogens is 2. The topological polar surface area (TPSA) is 97.6 Å². The highest BCUT2D eigenvalue weighted by atomic mass is 35.5.